The zero-order chi connectivity index (χ0) is 24.1. The molecule has 174 valence electrons. The van der Waals surface area contributed by atoms with Gasteiger partial charge >= 0.3 is 5.97 Å². The van der Waals surface area contributed by atoms with E-state index in [0.29, 0.717) is 5.56 Å². The van der Waals surface area contributed by atoms with Crippen molar-refractivity contribution in [1.29, 1.82) is 0 Å². The molecule has 0 amide bonds. The van der Waals surface area contributed by atoms with Gasteiger partial charge in [-0.05, 0) is 44.0 Å². The Balaban J connectivity index is 1.85. The number of aliphatic hydroxyl groups excluding tert-OH is 2. The van der Waals surface area contributed by atoms with E-state index in [0.717, 1.165) is 27.8 Å². The number of ether oxygens (including phenoxy) is 1. The monoisotopic (exact) mass is 446 g/mol. The number of benzene rings is 3. The van der Waals surface area contributed by atoms with Crippen LogP contribution in [-0.2, 0) is 4.74 Å². The molecule has 0 heterocycles. The highest BCUT2D eigenvalue weighted by atomic mass is 16.5. The summed E-state index contributed by atoms with van der Waals surface area (Å²) in [5, 5.41) is 22.1. The maximum absolute atomic E-state index is 12.9. The molecule has 3 rings (SSSR count). The molecule has 2 N–H and O–H groups in total. The third-order valence-corrected chi connectivity index (χ3v) is 6.40. The quantitative estimate of drug-likeness (QED) is 0.424. The Hall–Kier alpha value is -2.95. The van der Waals surface area contributed by atoms with Crippen LogP contribution in [0.1, 0.15) is 64.2 Å². The summed E-state index contributed by atoms with van der Waals surface area (Å²) in [6.45, 7) is 9.62. The first-order valence-corrected chi connectivity index (χ1v) is 11.4. The zero-order valence-corrected chi connectivity index (χ0v) is 20.0. The summed E-state index contributed by atoms with van der Waals surface area (Å²) >= 11 is 0. The second-order valence-corrected chi connectivity index (χ2v) is 9.17. The molecule has 0 aliphatic carbocycles. The van der Waals surface area contributed by atoms with Gasteiger partial charge in [-0.25, -0.2) is 4.79 Å². The second kappa shape index (κ2) is 10.8. The smallest absolute Gasteiger partial charge is 0.338 e. The molecule has 4 nitrogen and oxygen atoms in total. The largest absolute Gasteiger partial charge is 0.454 e. The lowest BCUT2D eigenvalue weighted by Gasteiger charge is -2.33. The molecule has 0 aromatic heterocycles. The predicted octanol–water partition coefficient (Wildman–Crippen LogP) is 5.88. The van der Waals surface area contributed by atoms with Crippen LogP contribution in [0.15, 0.2) is 72.8 Å². The van der Waals surface area contributed by atoms with Gasteiger partial charge in [-0.15, -0.1) is 0 Å². The van der Waals surface area contributed by atoms with Crippen LogP contribution in [0.3, 0.4) is 0 Å². The van der Waals surface area contributed by atoms with E-state index in [-0.39, 0.29) is 0 Å². The summed E-state index contributed by atoms with van der Waals surface area (Å²) in [6, 6.07) is 22.6. The fraction of sp³-hybridized carbons (Fsp3) is 0.345. The molecule has 0 radical (unpaired) electrons. The van der Waals surface area contributed by atoms with E-state index in [1.807, 2.05) is 95.3 Å². The maximum atomic E-state index is 12.9. The molecular formula is C29H34O4. The number of carbonyl (C=O) groups excluding carboxylic acids is 1. The molecular weight excluding hydrogens is 412 g/mol. The minimum absolute atomic E-state index is 0.439. The fourth-order valence-electron chi connectivity index (χ4n) is 4.02. The molecule has 3 aromatic rings. The van der Waals surface area contributed by atoms with Gasteiger partial charge in [0.2, 0.25) is 0 Å². The SMILES string of the molecule is Cc1ccc(C(=O)O[C@H](c2ccc(C)cc2)[C@@H](C)[C@@H](O)[C@@H](C)[C@@H](O)c2ccc(C)cc2)cc1. The summed E-state index contributed by atoms with van der Waals surface area (Å²) in [5.74, 6) is -1.35. The Morgan fingerprint density at radius 1 is 0.667 bits per heavy atom. The summed E-state index contributed by atoms with van der Waals surface area (Å²) in [5.41, 5.74) is 5.29. The summed E-state index contributed by atoms with van der Waals surface area (Å²) < 4.78 is 5.96. The number of esters is 1. The maximum Gasteiger partial charge on any atom is 0.338 e. The Labute approximate surface area is 196 Å². The van der Waals surface area contributed by atoms with E-state index < -0.39 is 36.1 Å². The van der Waals surface area contributed by atoms with Crippen LogP contribution in [0, 0.1) is 32.6 Å². The van der Waals surface area contributed by atoms with Crippen LogP contribution in [0.5, 0.6) is 0 Å². The minimum Gasteiger partial charge on any atom is -0.454 e. The van der Waals surface area contributed by atoms with Crippen molar-refractivity contribution >= 4 is 5.97 Å². The highest BCUT2D eigenvalue weighted by Crippen LogP contribution is 2.36. The first-order valence-electron chi connectivity index (χ1n) is 11.4. The predicted molar refractivity (Wildman–Crippen MR) is 131 cm³/mol. The Kier molecular flexibility index (Phi) is 8.06. The van der Waals surface area contributed by atoms with Gasteiger partial charge in [-0.2, -0.15) is 0 Å². The molecule has 3 aromatic carbocycles. The van der Waals surface area contributed by atoms with E-state index in [9.17, 15) is 15.0 Å². The van der Waals surface area contributed by atoms with Crippen molar-refractivity contribution < 1.29 is 19.7 Å². The number of rotatable bonds is 8. The Morgan fingerprint density at radius 2 is 1.09 bits per heavy atom. The summed E-state index contributed by atoms with van der Waals surface area (Å²) in [4.78, 5) is 12.9. The van der Waals surface area contributed by atoms with E-state index >= 15 is 0 Å². The van der Waals surface area contributed by atoms with Gasteiger partial charge in [0.25, 0.3) is 0 Å². The van der Waals surface area contributed by atoms with Crippen molar-refractivity contribution in [2.45, 2.75) is 52.9 Å². The molecule has 5 atom stereocenters. The molecule has 0 aliphatic heterocycles. The first-order chi connectivity index (χ1) is 15.7. The van der Waals surface area contributed by atoms with E-state index in [4.69, 9.17) is 4.74 Å². The van der Waals surface area contributed by atoms with E-state index in [1.54, 1.807) is 12.1 Å². The molecule has 0 spiro atoms. The van der Waals surface area contributed by atoms with Crippen LogP contribution in [0.25, 0.3) is 0 Å². The lowest BCUT2D eigenvalue weighted by atomic mass is 9.82. The molecule has 4 heteroatoms. The Morgan fingerprint density at radius 3 is 1.58 bits per heavy atom. The highest BCUT2D eigenvalue weighted by molar-refractivity contribution is 5.89. The lowest BCUT2D eigenvalue weighted by molar-refractivity contribution is -0.0552. The van der Waals surface area contributed by atoms with Gasteiger partial charge in [0.05, 0.1) is 17.8 Å². The molecule has 0 saturated heterocycles. The number of hydrogen-bond acceptors (Lipinski definition) is 4. The highest BCUT2D eigenvalue weighted by Gasteiger charge is 2.35. The number of carbonyl (C=O) groups is 1. The molecule has 0 saturated carbocycles. The van der Waals surface area contributed by atoms with Crippen molar-refractivity contribution in [3.63, 3.8) is 0 Å². The number of aliphatic hydroxyl groups is 2. The van der Waals surface area contributed by atoms with Crippen molar-refractivity contribution in [2.24, 2.45) is 11.8 Å². The molecule has 33 heavy (non-hydrogen) atoms. The van der Waals surface area contributed by atoms with Crippen LogP contribution in [0.4, 0.5) is 0 Å². The third-order valence-electron chi connectivity index (χ3n) is 6.40. The lowest BCUT2D eigenvalue weighted by Crippen LogP contribution is -2.35. The normalized spacial score (nSPS) is 15.8. The van der Waals surface area contributed by atoms with E-state index in [1.165, 1.54) is 0 Å². The van der Waals surface area contributed by atoms with Crippen LogP contribution in [-0.4, -0.2) is 22.3 Å². The summed E-state index contributed by atoms with van der Waals surface area (Å²) in [6.07, 6.45) is -2.41. The van der Waals surface area contributed by atoms with Crippen molar-refractivity contribution in [2.75, 3.05) is 0 Å². The van der Waals surface area contributed by atoms with Gasteiger partial charge in [0, 0.05) is 11.8 Å². The van der Waals surface area contributed by atoms with Crippen LogP contribution < -0.4 is 0 Å². The summed E-state index contributed by atoms with van der Waals surface area (Å²) in [7, 11) is 0. The number of aryl methyl sites for hydroxylation is 3. The van der Waals surface area contributed by atoms with Gasteiger partial charge in [0.15, 0.2) is 0 Å². The zero-order valence-electron chi connectivity index (χ0n) is 20.0. The van der Waals surface area contributed by atoms with Gasteiger partial charge < -0.3 is 14.9 Å². The minimum atomic E-state index is -0.904. The number of hydrogen-bond donors (Lipinski definition) is 2. The van der Waals surface area contributed by atoms with Crippen LogP contribution >= 0.6 is 0 Å². The first kappa shape index (κ1) is 24.7. The fourth-order valence-corrected chi connectivity index (χ4v) is 4.02. The second-order valence-electron chi connectivity index (χ2n) is 9.17. The standard InChI is InChI=1S/C29H34O4/c1-18-6-12-23(13-7-18)27(31)21(4)26(30)22(5)28(24-14-8-19(2)9-15-24)33-29(32)25-16-10-20(3)11-17-25/h6-17,21-22,26-28,30-31H,1-5H3/t21-,22+,26+,27-,28+/m1/s1. The van der Waals surface area contributed by atoms with Gasteiger partial charge in [0.1, 0.15) is 6.10 Å². The average molecular weight is 447 g/mol. The topological polar surface area (TPSA) is 66.8 Å². The molecule has 0 unspecified atom stereocenters. The van der Waals surface area contributed by atoms with E-state index in [2.05, 4.69) is 0 Å². The van der Waals surface area contributed by atoms with Crippen molar-refractivity contribution in [3.05, 3.63) is 106 Å². The molecule has 0 aliphatic rings. The molecule has 0 bridgehead atoms. The van der Waals surface area contributed by atoms with Crippen molar-refractivity contribution in [3.8, 4) is 0 Å². The van der Waals surface area contributed by atoms with Gasteiger partial charge in [-0.1, -0.05) is 91.2 Å². The third kappa shape index (κ3) is 6.10. The van der Waals surface area contributed by atoms with Gasteiger partial charge in [-0.3, -0.25) is 0 Å². The average Bonchev–Trinajstić information content (AvgIpc) is 2.82. The van der Waals surface area contributed by atoms with Crippen LogP contribution in [0.2, 0.25) is 0 Å². The molecule has 0 fully saturated rings. The Bertz CT molecular complexity index is 1040. The van der Waals surface area contributed by atoms with Crippen molar-refractivity contribution in [1.82, 2.24) is 0 Å².